The van der Waals surface area contributed by atoms with Gasteiger partial charge in [-0.2, -0.15) is 0 Å². The summed E-state index contributed by atoms with van der Waals surface area (Å²) in [5, 5.41) is 0. The Labute approximate surface area is 156 Å². The Morgan fingerprint density at radius 2 is 1.35 bits per heavy atom. The standard InChI is InChI=1S/C22H28O4/c1-5-22(3,4)18-9-13-20(14-10-18)26-16-15-25-19-11-7-17(8-12-19)21(23)24-6-2/h7-14H,5-6,15-16H2,1-4H3. The molecule has 0 amide bonds. The first-order chi connectivity index (χ1) is 12.5. The number of hydrogen-bond donors (Lipinski definition) is 0. The van der Waals surface area contributed by atoms with Gasteiger partial charge in [0.15, 0.2) is 0 Å². The molecule has 4 heteroatoms. The van der Waals surface area contributed by atoms with Gasteiger partial charge in [-0.3, -0.25) is 0 Å². The van der Waals surface area contributed by atoms with Crippen LogP contribution in [0.2, 0.25) is 0 Å². The number of carbonyl (C=O) groups is 1. The van der Waals surface area contributed by atoms with E-state index in [2.05, 4.69) is 32.9 Å². The first-order valence-corrected chi connectivity index (χ1v) is 9.09. The molecule has 0 bridgehead atoms. The van der Waals surface area contributed by atoms with Crippen LogP contribution < -0.4 is 9.47 Å². The molecule has 2 aromatic carbocycles. The summed E-state index contributed by atoms with van der Waals surface area (Å²) in [6, 6.07) is 15.1. The second-order valence-corrected chi connectivity index (χ2v) is 6.70. The molecule has 26 heavy (non-hydrogen) atoms. The van der Waals surface area contributed by atoms with Gasteiger partial charge in [0.05, 0.1) is 12.2 Å². The highest BCUT2D eigenvalue weighted by atomic mass is 16.5. The lowest BCUT2D eigenvalue weighted by Gasteiger charge is -2.23. The molecule has 0 fully saturated rings. The molecule has 0 aromatic heterocycles. The van der Waals surface area contributed by atoms with Crippen LogP contribution in [0.5, 0.6) is 11.5 Å². The van der Waals surface area contributed by atoms with Gasteiger partial charge in [0.2, 0.25) is 0 Å². The van der Waals surface area contributed by atoms with Crippen LogP contribution >= 0.6 is 0 Å². The average molecular weight is 356 g/mol. The lowest BCUT2D eigenvalue weighted by molar-refractivity contribution is 0.0526. The first-order valence-electron chi connectivity index (χ1n) is 9.09. The minimum absolute atomic E-state index is 0.178. The number of carbonyl (C=O) groups excluding carboxylic acids is 1. The van der Waals surface area contributed by atoms with Gasteiger partial charge in [-0.25, -0.2) is 4.79 Å². The van der Waals surface area contributed by atoms with Gasteiger partial charge in [0, 0.05) is 0 Å². The Bertz CT molecular complexity index is 687. The summed E-state index contributed by atoms with van der Waals surface area (Å²) in [5.74, 6) is 1.21. The summed E-state index contributed by atoms with van der Waals surface area (Å²) < 4.78 is 16.3. The van der Waals surface area contributed by atoms with E-state index in [1.807, 2.05) is 12.1 Å². The molecule has 0 atom stereocenters. The predicted octanol–water partition coefficient (Wildman–Crippen LogP) is 5.01. The molecule has 0 saturated heterocycles. The van der Waals surface area contributed by atoms with Crippen LogP contribution in [0.15, 0.2) is 48.5 Å². The van der Waals surface area contributed by atoms with E-state index in [0.717, 1.165) is 12.2 Å². The highest BCUT2D eigenvalue weighted by molar-refractivity contribution is 5.89. The number of ether oxygens (including phenoxy) is 3. The fourth-order valence-corrected chi connectivity index (χ4v) is 2.43. The average Bonchev–Trinajstić information content (AvgIpc) is 2.66. The van der Waals surface area contributed by atoms with Crippen LogP contribution in [0.25, 0.3) is 0 Å². The monoisotopic (exact) mass is 356 g/mol. The van der Waals surface area contributed by atoms with Crippen molar-refractivity contribution < 1.29 is 19.0 Å². The van der Waals surface area contributed by atoms with E-state index in [1.54, 1.807) is 31.2 Å². The maximum atomic E-state index is 11.6. The third-order valence-corrected chi connectivity index (χ3v) is 4.51. The summed E-state index contributed by atoms with van der Waals surface area (Å²) in [6.45, 7) is 9.71. The Morgan fingerprint density at radius 1 is 0.846 bits per heavy atom. The maximum absolute atomic E-state index is 11.6. The van der Waals surface area contributed by atoms with E-state index in [9.17, 15) is 4.79 Å². The van der Waals surface area contributed by atoms with Crippen molar-refractivity contribution in [3.63, 3.8) is 0 Å². The molecule has 4 nitrogen and oxygen atoms in total. The van der Waals surface area contributed by atoms with Crippen molar-refractivity contribution in [2.45, 2.75) is 39.5 Å². The maximum Gasteiger partial charge on any atom is 0.338 e. The van der Waals surface area contributed by atoms with Gasteiger partial charge < -0.3 is 14.2 Å². The molecule has 2 aromatic rings. The number of hydrogen-bond acceptors (Lipinski definition) is 4. The zero-order chi connectivity index (χ0) is 19.0. The van der Waals surface area contributed by atoms with Gasteiger partial charge in [-0.15, -0.1) is 0 Å². The molecule has 0 aliphatic carbocycles. The summed E-state index contributed by atoms with van der Waals surface area (Å²) in [6.07, 6.45) is 1.09. The van der Waals surface area contributed by atoms with E-state index >= 15 is 0 Å². The van der Waals surface area contributed by atoms with Crippen molar-refractivity contribution in [1.82, 2.24) is 0 Å². The lowest BCUT2D eigenvalue weighted by atomic mass is 9.82. The molecule has 0 aliphatic rings. The Morgan fingerprint density at radius 3 is 1.81 bits per heavy atom. The zero-order valence-electron chi connectivity index (χ0n) is 16.1. The summed E-state index contributed by atoms with van der Waals surface area (Å²) in [4.78, 5) is 11.6. The third kappa shape index (κ3) is 5.51. The van der Waals surface area contributed by atoms with E-state index in [-0.39, 0.29) is 11.4 Å². The minimum Gasteiger partial charge on any atom is -0.490 e. The largest absolute Gasteiger partial charge is 0.490 e. The van der Waals surface area contributed by atoms with Crippen LogP contribution in [0.1, 0.15) is 50.0 Å². The predicted molar refractivity (Wildman–Crippen MR) is 103 cm³/mol. The van der Waals surface area contributed by atoms with Gasteiger partial charge in [-0.05, 0) is 60.7 Å². The molecule has 0 saturated carbocycles. The summed E-state index contributed by atoms with van der Waals surface area (Å²) in [7, 11) is 0. The van der Waals surface area contributed by atoms with Crippen LogP contribution in [0, 0.1) is 0 Å². The van der Waals surface area contributed by atoms with Crippen molar-refractivity contribution in [1.29, 1.82) is 0 Å². The number of benzene rings is 2. The number of esters is 1. The second-order valence-electron chi connectivity index (χ2n) is 6.70. The van der Waals surface area contributed by atoms with E-state index in [0.29, 0.717) is 31.1 Å². The molecule has 0 aliphatic heterocycles. The molecule has 0 heterocycles. The highest BCUT2D eigenvalue weighted by Gasteiger charge is 2.17. The molecular formula is C22H28O4. The number of rotatable bonds is 9. The quantitative estimate of drug-likeness (QED) is 0.468. The van der Waals surface area contributed by atoms with E-state index < -0.39 is 0 Å². The first kappa shape index (κ1) is 19.8. The molecule has 2 rings (SSSR count). The van der Waals surface area contributed by atoms with Crippen LogP contribution in [0.4, 0.5) is 0 Å². The SMILES string of the molecule is CCOC(=O)c1ccc(OCCOc2ccc(C(C)(C)CC)cc2)cc1. The highest BCUT2D eigenvalue weighted by Crippen LogP contribution is 2.28. The Balaban J connectivity index is 1.77. The van der Waals surface area contributed by atoms with Gasteiger partial charge >= 0.3 is 5.97 Å². The Kier molecular flexibility index (Phi) is 7.07. The molecule has 0 spiro atoms. The molecule has 0 unspecified atom stereocenters. The van der Waals surface area contributed by atoms with Crippen molar-refractivity contribution >= 4 is 5.97 Å². The van der Waals surface area contributed by atoms with Gasteiger partial charge in [0.25, 0.3) is 0 Å². The van der Waals surface area contributed by atoms with Crippen LogP contribution in [-0.4, -0.2) is 25.8 Å². The molecule has 140 valence electrons. The van der Waals surface area contributed by atoms with E-state index in [4.69, 9.17) is 14.2 Å². The normalized spacial score (nSPS) is 11.1. The van der Waals surface area contributed by atoms with Crippen LogP contribution in [-0.2, 0) is 10.2 Å². The minimum atomic E-state index is -0.322. The topological polar surface area (TPSA) is 44.8 Å². The van der Waals surface area contributed by atoms with Gasteiger partial charge in [0.1, 0.15) is 24.7 Å². The smallest absolute Gasteiger partial charge is 0.338 e. The lowest BCUT2D eigenvalue weighted by Crippen LogP contribution is -2.15. The fourth-order valence-electron chi connectivity index (χ4n) is 2.43. The molecule has 0 radical (unpaired) electrons. The molecule has 0 N–H and O–H groups in total. The molecular weight excluding hydrogens is 328 g/mol. The summed E-state index contributed by atoms with van der Waals surface area (Å²) >= 11 is 0. The van der Waals surface area contributed by atoms with Crippen molar-refractivity contribution in [2.24, 2.45) is 0 Å². The van der Waals surface area contributed by atoms with Crippen molar-refractivity contribution in [3.05, 3.63) is 59.7 Å². The summed E-state index contributed by atoms with van der Waals surface area (Å²) in [5.41, 5.74) is 2.01. The van der Waals surface area contributed by atoms with Crippen molar-refractivity contribution in [2.75, 3.05) is 19.8 Å². The third-order valence-electron chi connectivity index (χ3n) is 4.51. The van der Waals surface area contributed by atoms with E-state index in [1.165, 1.54) is 5.56 Å². The van der Waals surface area contributed by atoms with Crippen molar-refractivity contribution in [3.8, 4) is 11.5 Å². The van der Waals surface area contributed by atoms with Gasteiger partial charge in [-0.1, -0.05) is 32.9 Å². The fraction of sp³-hybridized carbons (Fsp3) is 0.409. The Hall–Kier alpha value is -2.49. The van der Waals surface area contributed by atoms with Crippen LogP contribution in [0.3, 0.4) is 0 Å². The second kappa shape index (κ2) is 9.27. The zero-order valence-corrected chi connectivity index (χ0v) is 16.1.